The lowest BCUT2D eigenvalue weighted by atomic mass is 10.2. The molecule has 19 heavy (non-hydrogen) atoms. The van der Waals surface area contributed by atoms with E-state index in [1.54, 1.807) is 11.8 Å². The van der Waals surface area contributed by atoms with Crippen molar-refractivity contribution in [1.82, 2.24) is 5.43 Å². The number of hydrogen-bond donors (Lipinski definition) is 3. The highest BCUT2D eigenvalue weighted by molar-refractivity contribution is 7.99. The van der Waals surface area contributed by atoms with Crippen molar-refractivity contribution in [1.29, 1.82) is 0 Å². The first kappa shape index (κ1) is 14.2. The zero-order chi connectivity index (χ0) is 13.8. The summed E-state index contributed by atoms with van der Waals surface area (Å²) in [5, 5.41) is 0. The molecule has 2 unspecified atom stereocenters. The third kappa shape index (κ3) is 3.62. The van der Waals surface area contributed by atoms with Crippen molar-refractivity contribution >= 4 is 23.4 Å². The Hall–Kier alpha value is -1.24. The van der Waals surface area contributed by atoms with Gasteiger partial charge in [0.15, 0.2) is 0 Å². The van der Waals surface area contributed by atoms with Crippen molar-refractivity contribution in [3.63, 3.8) is 0 Å². The lowest BCUT2D eigenvalue weighted by molar-refractivity contribution is -0.131. The van der Waals surface area contributed by atoms with Crippen molar-refractivity contribution in [2.45, 2.75) is 36.9 Å². The SMILES string of the molecule is Cc1ccc(N)c(SCC2CCC(C(=O)NN)O2)c1. The van der Waals surface area contributed by atoms with Crippen LogP contribution in [0.5, 0.6) is 0 Å². The second-order valence-corrected chi connectivity index (χ2v) is 5.75. The molecule has 0 aromatic heterocycles. The monoisotopic (exact) mass is 281 g/mol. The van der Waals surface area contributed by atoms with E-state index in [1.807, 2.05) is 19.1 Å². The quantitative estimate of drug-likeness (QED) is 0.254. The molecule has 1 heterocycles. The van der Waals surface area contributed by atoms with Crippen molar-refractivity contribution in [3.8, 4) is 0 Å². The van der Waals surface area contributed by atoms with Crippen LogP contribution < -0.4 is 17.0 Å². The average Bonchev–Trinajstić information content (AvgIpc) is 2.88. The highest BCUT2D eigenvalue weighted by Gasteiger charge is 2.30. The van der Waals surface area contributed by atoms with Crippen LogP contribution in [0.1, 0.15) is 18.4 Å². The molecule has 1 saturated heterocycles. The Morgan fingerprint density at radius 1 is 1.53 bits per heavy atom. The zero-order valence-corrected chi connectivity index (χ0v) is 11.7. The zero-order valence-electron chi connectivity index (χ0n) is 10.9. The third-order valence-corrected chi connectivity index (χ3v) is 4.34. The summed E-state index contributed by atoms with van der Waals surface area (Å²) in [5.74, 6) is 5.64. The maximum absolute atomic E-state index is 11.3. The number of carbonyl (C=O) groups excluding carboxylic acids is 1. The molecule has 2 atom stereocenters. The standard InChI is InChI=1S/C13H19N3O2S/c1-8-2-4-10(14)12(6-8)19-7-9-3-5-11(18-9)13(17)16-15/h2,4,6,9,11H,3,5,7,14-15H2,1H3,(H,16,17). The molecule has 0 bridgehead atoms. The van der Waals surface area contributed by atoms with Crippen LogP contribution in [0.2, 0.25) is 0 Å². The van der Waals surface area contributed by atoms with Crippen LogP contribution in [0.25, 0.3) is 0 Å². The van der Waals surface area contributed by atoms with Gasteiger partial charge in [-0.05, 0) is 37.5 Å². The van der Waals surface area contributed by atoms with Crippen LogP contribution in [0.4, 0.5) is 5.69 Å². The number of nitrogens with one attached hydrogen (secondary N) is 1. The minimum absolute atomic E-state index is 0.0761. The molecule has 1 aliphatic heterocycles. The molecule has 0 saturated carbocycles. The van der Waals surface area contributed by atoms with Gasteiger partial charge in [0, 0.05) is 16.3 Å². The van der Waals surface area contributed by atoms with Gasteiger partial charge in [-0.2, -0.15) is 0 Å². The van der Waals surface area contributed by atoms with Crippen LogP contribution in [0.15, 0.2) is 23.1 Å². The fraction of sp³-hybridized carbons (Fsp3) is 0.462. The Kier molecular flexibility index (Phi) is 4.68. The number of aryl methyl sites for hydroxylation is 1. The van der Waals surface area contributed by atoms with E-state index in [4.69, 9.17) is 16.3 Å². The number of benzene rings is 1. The Balaban J connectivity index is 1.87. The van der Waals surface area contributed by atoms with Crippen LogP contribution in [-0.2, 0) is 9.53 Å². The highest BCUT2D eigenvalue weighted by atomic mass is 32.2. The number of hydrogen-bond acceptors (Lipinski definition) is 5. The number of amides is 1. The first-order valence-corrected chi connectivity index (χ1v) is 7.23. The van der Waals surface area contributed by atoms with E-state index in [0.717, 1.165) is 29.2 Å². The molecule has 0 spiro atoms. The summed E-state index contributed by atoms with van der Waals surface area (Å²) < 4.78 is 5.65. The van der Waals surface area contributed by atoms with E-state index in [0.29, 0.717) is 0 Å². The van der Waals surface area contributed by atoms with Gasteiger partial charge in [0.2, 0.25) is 0 Å². The second kappa shape index (κ2) is 6.27. The molecule has 1 aromatic carbocycles. The molecule has 6 heteroatoms. The maximum atomic E-state index is 11.3. The summed E-state index contributed by atoms with van der Waals surface area (Å²) in [5.41, 5.74) is 10.0. The van der Waals surface area contributed by atoms with E-state index in [-0.39, 0.29) is 12.0 Å². The number of ether oxygens (including phenoxy) is 1. The summed E-state index contributed by atoms with van der Waals surface area (Å²) in [7, 11) is 0. The predicted octanol–water partition coefficient (Wildman–Crippen LogP) is 1.21. The molecular formula is C13H19N3O2S. The molecule has 1 aromatic rings. The van der Waals surface area contributed by atoms with E-state index in [1.165, 1.54) is 5.56 Å². The maximum Gasteiger partial charge on any atom is 0.263 e. The molecular weight excluding hydrogens is 262 g/mol. The average molecular weight is 281 g/mol. The Morgan fingerprint density at radius 2 is 2.32 bits per heavy atom. The van der Waals surface area contributed by atoms with E-state index < -0.39 is 6.10 Å². The van der Waals surface area contributed by atoms with Gasteiger partial charge >= 0.3 is 0 Å². The van der Waals surface area contributed by atoms with Crippen LogP contribution in [0, 0.1) is 6.92 Å². The highest BCUT2D eigenvalue weighted by Crippen LogP contribution is 2.30. The number of nitrogens with two attached hydrogens (primary N) is 2. The van der Waals surface area contributed by atoms with Gasteiger partial charge in [-0.3, -0.25) is 10.2 Å². The van der Waals surface area contributed by atoms with Gasteiger partial charge < -0.3 is 10.5 Å². The Labute approximate surface area is 117 Å². The molecule has 1 aliphatic rings. The summed E-state index contributed by atoms with van der Waals surface area (Å²) in [6.45, 7) is 2.04. The smallest absolute Gasteiger partial charge is 0.263 e. The van der Waals surface area contributed by atoms with Crippen LogP contribution >= 0.6 is 11.8 Å². The van der Waals surface area contributed by atoms with Gasteiger partial charge in [-0.15, -0.1) is 11.8 Å². The van der Waals surface area contributed by atoms with Gasteiger partial charge in [0.05, 0.1) is 6.10 Å². The van der Waals surface area contributed by atoms with Crippen molar-refractivity contribution in [2.24, 2.45) is 5.84 Å². The number of hydrazine groups is 1. The number of anilines is 1. The first-order valence-electron chi connectivity index (χ1n) is 6.25. The lowest BCUT2D eigenvalue weighted by Crippen LogP contribution is -2.39. The lowest BCUT2D eigenvalue weighted by Gasteiger charge is -2.13. The minimum atomic E-state index is -0.412. The molecule has 0 radical (unpaired) electrons. The van der Waals surface area contributed by atoms with Gasteiger partial charge in [0.1, 0.15) is 6.10 Å². The van der Waals surface area contributed by atoms with E-state index in [2.05, 4.69) is 11.5 Å². The first-order chi connectivity index (χ1) is 9.10. The summed E-state index contributed by atoms with van der Waals surface area (Å²) in [6, 6.07) is 5.98. The minimum Gasteiger partial charge on any atom is -0.398 e. The van der Waals surface area contributed by atoms with Crippen LogP contribution in [0.3, 0.4) is 0 Å². The topological polar surface area (TPSA) is 90.4 Å². The third-order valence-electron chi connectivity index (χ3n) is 3.14. The molecule has 2 rings (SSSR count). The molecule has 104 valence electrons. The molecule has 1 amide bonds. The van der Waals surface area contributed by atoms with Crippen molar-refractivity contribution in [3.05, 3.63) is 23.8 Å². The number of nitrogen functional groups attached to an aromatic ring is 1. The molecule has 0 aliphatic carbocycles. The summed E-state index contributed by atoms with van der Waals surface area (Å²) >= 11 is 1.67. The van der Waals surface area contributed by atoms with Gasteiger partial charge in [-0.1, -0.05) is 6.07 Å². The molecule has 5 N–H and O–H groups in total. The van der Waals surface area contributed by atoms with E-state index >= 15 is 0 Å². The molecule has 1 fully saturated rings. The predicted molar refractivity (Wildman–Crippen MR) is 76.5 cm³/mol. The van der Waals surface area contributed by atoms with Crippen molar-refractivity contribution < 1.29 is 9.53 Å². The molecule has 5 nitrogen and oxygen atoms in total. The van der Waals surface area contributed by atoms with Gasteiger partial charge in [-0.25, -0.2) is 5.84 Å². The van der Waals surface area contributed by atoms with E-state index in [9.17, 15) is 4.79 Å². The second-order valence-electron chi connectivity index (χ2n) is 4.68. The van der Waals surface area contributed by atoms with Crippen LogP contribution in [-0.4, -0.2) is 23.9 Å². The largest absolute Gasteiger partial charge is 0.398 e. The van der Waals surface area contributed by atoms with Gasteiger partial charge in [0.25, 0.3) is 5.91 Å². The van der Waals surface area contributed by atoms with Crippen molar-refractivity contribution in [2.75, 3.05) is 11.5 Å². The normalized spacial score (nSPS) is 22.4. The summed E-state index contributed by atoms with van der Waals surface area (Å²) in [6.07, 6.45) is 1.26. The Bertz CT molecular complexity index is 467. The number of thioether (sulfide) groups is 1. The fourth-order valence-electron chi connectivity index (χ4n) is 2.06. The fourth-order valence-corrected chi connectivity index (χ4v) is 3.18. The Morgan fingerprint density at radius 3 is 3.05 bits per heavy atom. The summed E-state index contributed by atoms with van der Waals surface area (Å²) in [4.78, 5) is 12.4. The number of carbonyl (C=O) groups is 1. The number of rotatable bonds is 4.